The Hall–Kier alpha value is -2.26. The molecule has 1 aliphatic heterocycles. The number of carbonyl (C=O) groups excluding carboxylic acids is 2. The first-order valence-corrected chi connectivity index (χ1v) is 13.4. The van der Waals surface area contributed by atoms with Gasteiger partial charge in [0.2, 0.25) is 5.91 Å². The lowest BCUT2D eigenvalue weighted by Gasteiger charge is -2.29. The topological polar surface area (TPSA) is 117 Å². The van der Waals surface area contributed by atoms with Gasteiger partial charge >= 0.3 is 0 Å². The number of unbranched alkanes of at least 4 members (excludes halogenated alkanes) is 4. The second-order valence-electron chi connectivity index (χ2n) is 9.82. The van der Waals surface area contributed by atoms with Crippen LogP contribution in [0.15, 0.2) is 35.9 Å². The quantitative estimate of drug-likeness (QED) is 0.290. The maximum Gasteiger partial charge on any atom is 0.251 e. The summed E-state index contributed by atoms with van der Waals surface area (Å²) in [5.41, 5.74) is 1.73. The lowest BCUT2D eigenvalue weighted by atomic mass is 9.92. The lowest BCUT2D eigenvalue weighted by molar-refractivity contribution is -0.190. The fraction of sp³-hybridized carbons (Fsp3) is 0.643. The maximum absolute atomic E-state index is 13.0. The van der Waals surface area contributed by atoms with E-state index in [1.54, 1.807) is 18.2 Å². The van der Waals surface area contributed by atoms with E-state index in [0.717, 1.165) is 56.9 Å². The van der Waals surface area contributed by atoms with Gasteiger partial charge in [-0.2, -0.15) is 0 Å². The second kappa shape index (κ2) is 13.9. The van der Waals surface area contributed by atoms with Crippen molar-refractivity contribution in [3.05, 3.63) is 47.0 Å². The van der Waals surface area contributed by atoms with Gasteiger partial charge in [-0.15, -0.1) is 0 Å². The summed E-state index contributed by atoms with van der Waals surface area (Å²) < 4.78 is 12.8. The molecule has 200 valence electrons. The van der Waals surface area contributed by atoms with Crippen LogP contribution in [0.4, 0.5) is 0 Å². The van der Waals surface area contributed by atoms with Crippen LogP contribution in [0.1, 0.15) is 87.6 Å². The van der Waals surface area contributed by atoms with Crippen LogP contribution >= 0.6 is 0 Å². The highest BCUT2D eigenvalue weighted by atomic mass is 16.8. The van der Waals surface area contributed by atoms with Gasteiger partial charge in [0.15, 0.2) is 5.79 Å². The van der Waals surface area contributed by atoms with Gasteiger partial charge in [-0.05, 0) is 36.6 Å². The average Bonchev–Trinajstić information content (AvgIpc) is 3.25. The van der Waals surface area contributed by atoms with Crippen LogP contribution in [0.5, 0.6) is 0 Å². The molecule has 1 aromatic carbocycles. The first-order valence-electron chi connectivity index (χ1n) is 13.4. The van der Waals surface area contributed by atoms with Crippen molar-refractivity contribution in [3.8, 4) is 0 Å². The Morgan fingerprint density at radius 2 is 1.75 bits per heavy atom. The van der Waals surface area contributed by atoms with Gasteiger partial charge in [-0.25, -0.2) is 0 Å². The largest absolute Gasteiger partial charge is 0.395 e. The standard InChI is InChI=1S/C28H42N2O6/c1-3-5-7-12-28(13-8-6-4-2)35-24-18-22(17-23(32)25(24)36-28)27(34)30-19-20-10-9-11-21(16-20)26(33)29-14-15-31/h9-11,16,18,23-25,31-32H,3-8,12-15,17,19H2,1-2H3,(H,29,33)(H,30,34)/t23-,24-,25+/m1/s1. The van der Waals surface area contributed by atoms with E-state index in [0.29, 0.717) is 11.1 Å². The molecule has 1 heterocycles. The van der Waals surface area contributed by atoms with Crippen molar-refractivity contribution in [1.82, 2.24) is 10.6 Å². The molecular weight excluding hydrogens is 460 g/mol. The fourth-order valence-corrected chi connectivity index (χ4v) is 4.90. The number of fused-ring (bicyclic) bond motifs is 1. The average molecular weight is 503 g/mol. The molecule has 3 rings (SSSR count). The monoisotopic (exact) mass is 502 g/mol. The maximum atomic E-state index is 13.0. The molecule has 0 saturated carbocycles. The first-order chi connectivity index (χ1) is 17.4. The van der Waals surface area contributed by atoms with Crippen LogP contribution in [-0.2, 0) is 20.8 Å². The summed E-state index contributed by atoms with van der Waals surface area (Å²) >= 11 is 0. The number of aliphatic hydroxyl groups excluding tert-OH is 2. The minimum atomic E-state index is -0.807. The summed E-state index contributed by atoms with van der Waals surface area (Å²) in [5, 5.41) is 25.2. The van der Waals surface area contributed by atoms with Crippen molar-refractivity contribution in [3.63, 3.8) is 0 Å². The molecule has 0 radical (unpaired) electrons. The van der Waals surface area contributed by atoms with Crippen LogP contribution in [0.25, 0.3) is 0 Å². The molecule has 3 atom stereocenters. The first kappa shape index (κ1) is 28.3. The summed E-state index contributed by atoms with van der Waals surface area (Å²) in [5.74, 6) is -1.23. The molecule has 0 spiro atoms. The molecule has 1 aromatic rings. The van der Waals surface area contributed by atoms with E-state index in [2.05, 4.69) is 24.5 Å². The van der Waals surface area contributed by atoms with Gasteiger partial charge in [-0.3, -0.25) is 9.59 Å². The van der Waals surface area contributed by atoms with Gasteiger partial charge in [-0.1, -0.05) is 51.7 Å². The molecule has 8 nitrogen and oxygen atoms in total. The molecule has 0 bridgehead atoms. The Kier molecular flexibility index (Phi) is 10.9. The van der Waals surface area contributed by atoms with Gasteiger partial charge in [0.1, 0.15) is 12.2 Å². The van der Waals surface area contributed by atoms with E-state index in [-0.39, 0.29) is 37.9 Å². The number of amides is 2. The van der Waals surface area contributed by atoms with Crippen LogP contribution < -0.4 is 10.6 Å². The zero-order chi connectivity index (χ0) is 26.0. The minimum absolute atomic E-state index is 0.127. The second-order valence-corrected chi connectivity index (χ2v) is 9.82. The van der Waals surface area contributed by atoms with Crippen LogP contribution in [-0.4, -0.2) is 59.3 Å². The third-order valence-corrected chi connectivity index (χ3v) is 6.85. The van der Waals surface area contributed by atoms with Crippen LogP contribution in [0.2, 0.25) is 0 Å². The van der Waals surface area contributed by atoms with E-state index in [9.17, 15) is 14.7 Å². The van der Waals surface area contributed by atoms with Crippen molar-refractivity contribution >= 4 is 11.8 Å². The molecular formula is C28H42N2O6. The third kappa shape index (κ3) is 7.62. The Morgan fingerprint density at radius 3 is 2.42 bits per heavy atom. The molecule has 1 aliphatic carbocycles. The van der Waals surface area contributed by atoms with Crippen LogP contribution in [0, 0.1) is 0 Å². The highest BCUT2D eigenvalue weighted by Gasteiger charge is 2.50. The summed E-state index contributed by atoms with van der Waals surface area (Å²) in [6, 6.07) is 6.98. The summed E-state index contributed by atoms with van der Waals surface area (Å²) in [6.45, 7) is 4.64. The van der Waals surface area contributed by atoms with E-state index in [1.807, 2.05) is 12.1 Å². The number of nitrogens with one attached hydrogen (secondary N) is 2. The lowest BCUT2D eigenvalue weighted by Crippen LogP contribution is -2.41. The zero-order valence-electron chi connectivity index (χ0n) is 21.6. The summed E-state index contributed by atoms with van der Waals surface area (Å²) in [4.78, 5) is 25.1. The summed E-state index contributed by atoms with van der Waals surface area (Å²) in [6.07, 6.45) is 8.34. The van der Waals surface area contributed by atoms with Crippen molar-refractivity contribution < 1.29 is 29.3 Å². The van der Waals surface area contributed by atoms with Crippen molar-refractivity contribution in [1.29, 1.82) is 0 Å². The number of aliphatic hydroxyl groups is 2. The van der Waals surface area contributed by atoms with Crippen molar-refractivity contribution in [2.75, 3.05) is 13.2 Å². The van der Waals surface area contributed by atoms with Gasteiger partial charge in [0.05, 0.1) is 12.7 Å². The van der Waals surface area contributed by atoms with Crippen molar-refractivity contribution in [2.45, 2.75) is 102 Å². The third-order valence-electron chi connectivity index (χ3n) is 6.85. The molecule has 1 fully saturated rings. The van der Waals surface area contributed by atoms with E-state index < -0.39 is 24.1 Å². The Bertz CT molecular complexity index is 892. The highest BCUT2D eigenvalue weighted by Crippen LogP contribution is 2.42. The molecule has 8 heteroatoms. The SMILES string of the molecule is CCCCCC1(CCCCC)O[C@H]2[C@H](O)CC(C(=O)NCc3cccc(C(=O)NCCO)c3)=C[C@H]2O1. The van der Waals surface area contributed by atoms with E-state index in [1.165, 1.54) is 0 Å². The van der Waals surface area contributed by atoms with Gasteiger partial charge in [0.25, 0.3) is 5.91 Å². The zero-order valence-corrected chi connectivity index (χ0v) is 21.6. The van der Waals surface area contributed by atoms with E-state index >= 15 is 0 Å². The summed E-state index contributed by atoms with van der Waals surface area (Å²) in [7, 11) is 0. The predicted molar refractivity (Wildman–Crippen MR) is 137 cm³/mol. The van der Waals surface area contributed by atoms with Crippen molar-refractivity contribution in [2.24, 2.45) is 0 Å². The Balaban J connectivity index is 1.63. The number of hydrogen-bond acceptors (Lipinski definition) is 6. The Morgan fingerprint density at radius 1 is 1.03 bits per heavy atom. The molecule has 0 unspecified atom stereocenters. The number of ether oxygens (including phenoxy) is 2. The minimum Gasteiger partial charge on any atom is -0.395 e. The molecule has 2 aliphatic rings. The number of benzene rings is 1. The normalized spacial score (nSPS) is 22.6. The number of rotatable bonds is 14. The molecule has 1 saturated heterocycles. The van der Waals surface area contributed by atoms with Crippen LogP contribution in [0.3, 0.4) is 0 Å². The Labute approximate surface area is 214 Å². The molecule has 36 heavy (non-hydrogen) atoms. The molecule has 0 aromatic heterocycles. The predicted octanol–water partition coefficient (Wildman–Crippen LogP) is 3.36. The smallest absolute Gasteiger partial charge is 0.251 e. The number of carbonyl (C=O) groups is 2. The number of hydrogen-bond donors (Lipinski definition) is 4. The van der Waals surface area contributed by atoms with Gasteiger partial charge < -0.3 is 30.3 Å². The van der Waals surface area contributed by atoms with E-state index in [4.69, 9.17) is 14.6 Å². The fourth-order valence-electron chi connectivity index (χ4n) is 4.90. The molecule has 4 N–H and O–H groups in total. The highest BCUT2D eigenvalue weighted by molar-refractivity contribution is 5.95. The molecule has 2 amide bonds. The van der Waals surface area contributed by atoms with Gasteiger partial charge in [0, 0.05) is 43.5 Å².